The average Bonchev–Trinajstić information content (AvgIpc) is 3.40. The molecular weight excluding hydrogens is 319 g/mol. The molecule has 4 rings (SSSR count). The Hall–Kier alpha value is -1.45. The first kappa shape index (κ1) is 14.2. The Morgan fingerprint density at radius 2 is 1.27 bits per heavy atom. The van der Waals surface area contributed by atoms with Gasteiger partial charge in [-0.2, -0.15) is 0 Å². The highest BCUT2D eigenvalue weighted by Gasteiger charge is 2.63. The van der Waals surface area contributed by atoms with Crippen molar-refractivity contribution >= 4 is 29.0 Å². The summed E-state index contributed by atoms with van der Waals surface area (Å²) in [4.78, 5) is 21.3. The van der Waals surface area contributed by atoms with Crippen molar-refractivity contribution < 1.29 is 4.79 Å². The lowest BCUT2D eigenvalue weighted by Crippen LogP contribution is -2.32. The van der Waals surface area contributed by atoms with E-state index in [9.17, 15) is 4.79 Å². The minimum absolute atomic E-state index is 0.296. The van der Waals surface area contributed by atoms with Gasteiger partial charge >= 0.3 is 0 Å². The van der Waals surface area contributed by atoms with Crippen LogP contribution < -0.4 is 0 Å². The maximum atomic E-state index is 13.3. The maximum Gasteiger partial charge on any atom is 0.153 e. The molecule has 0 atom stereocenters. The Morgan fingerprint density at radius 1 is 0.864 bits per heavy atom. The molecular formula is C17H14Cl2N2O. The van der Waals surface area contributed by atoms with E-state index >= 15 is 0 Å². The topological polar surface area (TPSA) is 42.9 Å². The fraction of sp³-hybridized carbons (Fsp3) is 0.353. The molecule has 0 aromatic carbocycles. The predicted octanol–water partition coefficient (Wildman–Crippen LogP) is 4.12. The molecule has 0 bridgehead atoms. The second-order valence-corrected chi connectivity index (χ2v) is 7.00. The summed E-state index contributed by atoms with van der Waals surface area (Å²) < 4.78 is 0. The van der Waals surface area contributed by atoms with E-state index in [-0.39, 0.29) is 0 Å². The Kier molecular flexibility index (Phi) is 3.07. The second kappa shape index (κ2) is 4.77. The molecule has 0 unspecified atom stereocenters. The highest BCUT2D eigenvalue weighted by Crippen LogP contribution is 2.60. The first-order chi connectivity index (χ1) is 10.6. The molecule has 0 spiro atoms. The van der Waals surface area contributed by atoms with E-state index in [1.54, 1.807) is 12.4 Å². The lowest BCUT2D eigenvalue weighted by atomic mass is 9.79. The first-order valence-electron chi connectivity index (χ1n) is 7.36. The van der Waals surface area contributed by atoms with Crippen LogP contribution in [0, 0.1) is 0 Å². The highest BCUT2D eigenvalue weighted by molar-refractivity contribution is 6.29. The van der Waals surface area contributed by atoms with Crippen LogP contribution in [-0.4, -0.2) is 15.8 Å². The zero-order chi connectivity index (χ0) is 15.4. The third-order valence-electron chi connectivity index (χ3n) is 4.93. The van der Waals surface area contributed by atoms with Gasteiger partial charge in [0.05, 0.1) is 10.8 Å². The summed E-state index contributed by atoms with van der Waals surface area (Å²) in [5.41, 5.74) is 1.20. The van der Waals surface area contributed by atoms with Crippen molar-refractivity contribution in [2.45, 2.75) is 36.5 Å². The van der Waals surface area contributed by atoms with Crippen LogP contribution in [0.15, 0.2) is 36.7 Å². The maximum absolute atomic E-state index is 13.3. The van der Waals surface area contributed by atoms with Crippen LogP contribution in [0.5, 0.6) is 0 Å². The zero-order valence-corrected chi connectivity index (χ0v) is 13.4. The molecule has 2 heterocycles. The lowest BCUT2D eigenvalue weighted by molar-refractivity contribution is -0.124. The largest absolute Gasteiger partial charge is 0.298 e. The summed E-state index contributed by atoms with van der Waals surface area (Å²) in [5, 5.41) is 0.877. The Bertz CT molecular complexity index is 703. The molecule has 0 radical (unpaired) electrons. The molecule has 0 amide bonds. The van der Waals surface area contributed by atoms with Gasteiger partial charge in [0.1, 0.15) is 10.3 Å². The van der Waals surface area contributed by atoms with E-state index in [1.807, 2.05) is 24.3 Å². The normalized spacial score (nSPS) is 20.5. The SMILES string of the molecule is O=C(C1(c2ccnc(Cl)c2)CC1)C1(c2ccnc(Cl)c2)CC1. The van der Waals surface area contributed by atoms with Gasteiger partial charge in [-0.3, -0.25) is 4.79 Å². The second-order valence-electron chi connectivity index (χ2n) is 6.23. The smallest absolute Gasteiger partial charge is 0.153 e. The molecule has 2 aliphatic rings. The molecule has 2 fully saturated rings. The average molecular weight is 333 g/mol. The number of hydrogen-bond donors (Lipinski definition) is 0. The van der Waals surface area contributed by atoms with Gasteiger partial charge in [-0.15, -0.1) is 0 Å². The van der Waals surface area contributed by atoms with E-state index in [0.717, 1.165) is 36.8 Å². The lowest BCUT2D eigenvalue weighted by Gasteiger charge is -2.22. The third kappa shape index (κ3) is 2.07. The van der Waals surface area contributed by atoms with Crippen molar-refractivity contribution in [2.24, 2.45) is 0 Å². The molecule has 3 nitrogen and oxygen atoms in total. The van der Waals surface area contributed by atoms with E-state index in [1.165, 1.54) is 0 Å². The van der Waals surface area contributed by atoms with Gasteiger partial charge in [0.15, 0.2) is 5.78 Å². The summed E-state index contributed by atoms with van der Waals surface area (Å²) in [6.45, 7) is 0. The Morgan fingerprint density at radius 3 is 1.59 bits per heavy atom. The zero-order valence-electron chi connectivity index (χ0n) is 11.9. The number of aromatic nitrogens is 2. The molecule has 2 aromatic heterocycles. The van der Waals surface area contributed by atoms with Crippen molar-refractivity contribution in [3.8, 4) is 0 Å². The predicted molar refractivity (Wildman–Crippen MR) is 85.3 cm³/mol. The quantitative estimate of drug-likeness (QED) is 0.791. The molecule has 2 saturated carbocycles. The van der Waals surface area contributed by atoms with Crippen LogP contribution in [0.3, 0.4) is 0 Å². The van der Waals surface area contributed by atoms with Gasteiger partial charge in [-0.1, -0.05) is 23.2 Å². The number of hydrogen-bond acceptors (Lipinski definition) is 3. The van der Waals surface area contributed by atoms with Crippen LogP contribution >= 0.6 is 23.2 Å². The molecule has 0 aliphatic heterocycles. The van der Waals surface area contributed by atoms with Crippen molar-refractivity contribution in [3.63, 3.8) is 0 Å². The number of halogens is 2. The molecule has 2 aliphatic carbocycles. The summed E-state index contributed by atoms with van der Waals surface area (Å²) in [6.07, 6.45) is 6.88. The van der Waals surface area contributed by atoms with Gasteiger partial charge in [0.2, 0.25) is 0 Å². The van der Waals surface area contributed by atoms with E-state index in [0.29, 0.717) is 16.1 Å². The third-order valence-corrected chi connectivity index (χ3v) is 5.34. The van der Waals surface area contributed by atoms with Crippen molar-refractivity contribution in [3.05, 3.63) is 58.1 Å². The molecule has 5 heteroatoms. The minimum atomic E-state index is -0.390. The number of carbonyl (C=O) groups excluding carboxylic acids is 1. The standard InChI is InChI=1S/C17H14Cl2N2O/c18-13-9-11(1-7-20-13)16(3-4-16)15(22)17(5-6-17)12-2-8-21-14(19)10-12/h1-2,7-10H,3-6H2. The van der Waals surface area contributed by atoms with Gasteiger partial charge in [0, 0.05) is 12.4 Å². The van der Waals surface area contributed by atoms with Crippen molar-refractivity contribution in [1.29, 1.82) is 0 Å². The number of nitrogens with zero attached hydrogens (tertiary/aromatic N) is 2. The van der Waals surface area contributed by atoms with Crippen LogP contribution in [0.4, 0.5) is 0 Å². The summed E-state index contributed by atoms with van der Waals surface area (Å²) >= 11 is 12.0. The number of carbonyl (C=O) groups is 1. The first-order valence-corrected chi connectivity index (χ1v) is 8.11. The fourth-order valence-corrected chi connectivity index (χ4v) is 3.75. The van der Waals surface area contributed by atoms with Crippen LogP contribution in [0.1, 0.15) is 36.8 Å². The van der Waals surface area contributed by atoms with E-state index in [4.69, 9.17) is 23.2 Å². The molecule has 0 N–H and O–H groups in total. The van der Waals surface area contributed by atoms with Crippen LogP contribution in [0.2, 0.25) is 10.3 Å². The monoisotopic (exact) mass is 332 g/mol. The number of rotatable bonds is 4. The van der Waals surface area contributed by atoms with E-state index in [2.05, 4.69) is 9.97 Å². The summed E-state index contributed by atoms with van der Waals surface area (Å²) in [7, 11) is 0. The van der Waals surface area contributed by atoms with Crippen LogP contribution in [0.25, 0.3) is 0 Å². The summed E-state index contributed by atoms with van der Waals surface area (Å²) in [6, 6.07) is 7.46. The van der Waals surface area contributed by atoms with Gasteiger partial charge in [0.25, 0.3) is 0 Å². The molecule has 112 valence electrons. The minimum Gasteiger partial charge on any atom is -0.298 e. The fourth-order valence-electron chi connectivity index (χ4n) is 3.40. The summed E-state index contributed by atoms with van der Waals surface area (Å²) in [5.74, 6) is 0.296. The van der Waals surface area contributed by atoms with Crippen molar-refractivity contribution in [2.75, 3.05) is 0 Å². The molecule has 22 heavy (non-hydrogen) atoms. The van der Waals surface area contributed by atoms with Crippen LogP contribution in [-0.2, 0) is 15.6 Å². The van der Waals surface area contributed by atoms with Gasteiger partial charge in [-0.25, -0.2) is 9.97 Å². The highest BCUT2D eigenvalue weighted by atomic mass is 35.5. The van der Waals surface area contributed by atoms with Crippen molar-refractivity contribution in [1.82, 2.24) is 9.97 Å². The number of pyridine rings is 2. The van der Waals surface area contributed by atoms with E-state index < -0.39 is 10.8 Å². The molecule has 2 aromatic rings. The Labute approximate surface area is 138 Å². The van der Waals surface area contributed by atoms with Gasteiger partial charge < -0.3 is 0 Å². The number of ketones is 1. The number of Topliss-reactive ketones (excluding diaryl/α,β-unsaturated/α-hetero) is 1. The van der Waals surface area contributed by atoms with Gasteiger partial charge in [-0.05, 0) is 61.1 Å². The molecule has 0 saturated heterocycles. The Balaban J connectivity index is 1.73.